The van der Waals surface area contributed by atoms with E-state index in [0.717, 1.165) is 4.88 Å². The molecule has 1 amide bonds. The lowest BCUT2D eigenvalue weighted by Gasteiger charge is -2.09. The minimum Gasteiger partial charge on any atom is -0.496 e. The lowest BCUT2D eigenvalue weighted by molar-refractivity contribution is -0.120. The van der Waals surface area contributed by atoms with E-state index < -0.39 is 0 Å². The summed E-state index contributed by atoms with van der Waals surface area (Å²) in [6.45, 7) is 2.35. The van der Waals surface area contributed by atoms with E-state index in [9.17, 15) is 4.79 Å². The highest BCUT2D eigenvalue weighted by atomic mass is 35.5. The van der Waals surface area contributed by atoms with Gasteiger partial charge in [-0.2, -0.15) is 0 Å². The van der Waals surface area contributed by atoms with Crippen LogP contribution in [0.4, 0.5) is 0 Å². The number of thiophene rings is 1. The van der Waals surface area contributed by atoms with Gasteiger partial charge in [0.05, 0.1) is 24.5 Å². The minimum atomic E-state index is -0.320. The molecule has 9 heteroatoms. The Morgan fingerprint density at radius 1 is 1.46 bits per heavy atom. The molecule has 0 spiro atoms. The van der Waals surface area contributed by atoms with Crippen molar-refractivity contribution >= 4 is 40.6 Å². The van der Waals surface area contributed by atoms with E-state index in [1.165, 1.54) is 11.8 Å². The van der Waals surface area contributed by atoms with Crippen molar-refractivity contribution in [2.24, 2.45) is 0 Å². The van der Waals surface area contributed by atoms with Crippen LogP contribution in [0.3, 0.4) is 0 Å². The number of thioether (sulfide) groups is 1. The number of nitrogens with one attached hydrogen (secondary N) is 2. The number of ether oxygens (including phenoxy) is 1. The Morgan fingerprint density at radius 3 is 3.04 bits per heavy atom. The van der Waals surface area contributed by atoms with Gasteiger partial charge in [0.25, 0.3) is 0 Å². The van der Waals surface area contributed by atoms with Crippen molar-refractivity contribution < 1.29 is 9.53 Å². The lowest BCUT2D eigenvalue weighted by Crippen LogP contribution is -2.30. The first-order valence-corrected chi connectivity index (χ1v) is 9.93. The molecule has 3 aromatic rings. The Hall–Kier alpha value is -2.03. The highest BCUT2D eigenvalue weighted by Crippen LogP contribution is 2.31. The third-order valence-corrected chi connectivity index (χ3v) is 5.62. The van der Waals surface area contributed by atoms with Gasteiger partial charge in [-0.05, 0) is 36.6 Å². The summed E-state index contributed by atoms with van der Waals surface area (Å²) in [5, 5.41) is 12.7. The summed E-state index contributed by atoms with van der Waals surface area (Å²) in [4.78, 5) is 17.8. The number of carbonyl (C=O) groups is 1. The number of rotatable bonds is 7. The van der Waals surface area contributed by atoms with Crippen LogP contribution in [0.5, 0.6) is 5.75 Å². The fraction of sp³-hybridized carbons (Fsp3) is 0.235. The van der Waals surface area contributed by atoms with Gasteiger partial charge in [0.1, 0.15) is 5.75 Å². The van der Waals surface area contributed by atoms with Gasteiger partial charge in [-0.3, -0.25) is 9.89 Å². The number of carbonyl (C=O) groups excluding carboxylic acids is 1. The summed E-state index contributed by atoms with van der Waals surface area (Å²) in [6.07, 6.45) is 0. The number of hydrogen-bond donors (Lipinski definition) is 2. The SMILES string of the molecule is COc1ccc(Cl)cc1-c1nc(S[C@H](C)C(=O)NCc2cccs2)n[nH]1. The van der Waals surface area contributed by atoms with Crippen LogP contribution in [-0.4, -0.2) is 33.4 Å². The first kappa shape index (κ1) is 18.8. The minimum absolute atomic E-state index is 0.0601. The Labute approximate surface area is 164 Å². The first-order chi connectivity index (χ1) is 12.6. The van der Waals surface area contributed by atoms with Crippen LogP contribution in [0.2, 0.25) is 5.02 Å². The molecular formula is C17H17ClN4O2S2. The van der Waals surface area contributed by atoms with Crippen LogP contribution in [0, 0.1) is 0 Å². The molecule has 1 atom stereocenters. The quantitative estimate of drug-likeness (QED) is 0.578. The number of benzene rings is 1. The number of nitrogens with zero attached hydrogens (tertiary/aromatic N) is 2. The van der Waals surface area contributed by atoms with Crippen LogP contribution < -0.4 is 10.1 Å². The Bertz CT molecular complexity index is 883. The number of H-pyrrole nitrogens is 1. The maximum absolute atomic E-state index is 12.2. The van der Waals surface area contributed by atoms with Crippen LogP contribution in [0.1, 0.15) is 11.8 Å². The second-order valence-corrected chi connectivity index (χ2v) is 8.15. The molecule has 2 aromatic heterocycles. The van der Waals surface area contributed by atoms with Crippen molar-refractivity contribution in [2.45, 2.75) is 23.9 Å². The molecule has 0 aliphatic heterocycles. The van der Waals surface area contributed by atoms with Crippen molar-refractivity contribution in [2.75, 3.05) is 7.11 Å². The standard InChI is InChI=1S/C17H17ClN4O2S2/c1-10(16(23)19-9-12-4-3-7-25-12)26-17-20-15(21-22-17)13-8-11(18)5-6-14(13)24-2/h3-8,10H,9H2,1-2H3,(H,19,23)(H,20,21,22)/t10-/m1/s1. The predicted molar refractivity (Wildman–Crippen MR) is 105 cm³/mol. The van der Waals surface area contributed by atoms with E-state index in [1.807, 2.05) is 24.4 Å². The molecule has 6 nitrogen and oxygen atoms in total. The molecule has 1 aromatic carbocycles. The highest BCUT2D eigenvalue weighted by Gasteiger charge is 2.18. The fourth-order valence-corrected chi connectivity index (χ4v) is 3.79. The molecule has 0 saturated carbocycles. The van der Waals surface area contributed by atoms with Crippen molar-refractivity contribution in [1.82, 2.24) is 20.5 Å². The predicted octanol–water partition coefficient (Wildman–Crippen LogP) is 3.99. The number of aromatic nitrogens is 3. The summed E-state index contributed by atoms with van der Waals surface area (Å²) in [5.74, 6) is 1.12. The van der Waals surface area contributed by atoms with Crippen molar-refractivity contribution in [3.63, 3.8) is 0 Å². The van der Waals surface area contributed by atoms with Crippen molar-refractivity contribution in [1.29, 1.82) is 0 Å². The summed E-state index contributed by atoms with van der Waals surface area (Å²) in [6, 6.07) is 9.22. The van der Waals surface area contributed by atoms with Crippen molar-refractivity contribution in [3.05, 3.63) is 45.6 Å². The number of aromatic amines is 1. The molecule has 0 aliphatic carbocycles. The molecule has 0 aliphatic rings. The number of methoxy groups -OCH3 is 1. The van der Waals surface area contributed by atoms with Gasteiger partial charge in [0.15, 0.2) is 5.82 Å². The zero-order chi connectivity index (χ0) is 18.5. The van der Waals surface area contributed by atoms with Crippen LogP contribution in [0.15, 0.2) is 40.9 Å². The Morgan fingerprint density at radius 2 is 2.31 bits per heavy atom. The number of halogens is 1. The first-order valence-electron chi connectivity index (χ1n) is 7.80. The molecule has 2 heterocycles. The van der Waals surface area contributed by atoms with Crippen LogP contribution in [0.25, 0.3) is 11.4 Å². The molecule has 136 valence electrons. The summed E-state index contributed by atoms with van der Waals surface area (Å²) >= 11 is 8.96. The third kappa shape index (κ3) is 4.57. The van der Waals surface area contributed by atoms with Gasteiger partial charge in [-0.1, -0.05) is 29.4 Å². The zero-order valence-electron chi connectivity index (χ0n) is 14.2. The number of hydrogen-bond acceptors (Lipinski definition) is 6. The van der Waals surface area contributed by atoms with Gasteiger partial charge in [0.2, 0.25) is 11.1 Å². The van der Waals surface area contributed by atoms with Gasteiger partial charge in [0, 0.05) is 9.90 Å². The average molecular weight is 409 g/mol. The van der Waals surface area contributed by atoms with Gasteiger partial charge in [-0.25, -0.2) is 4.98 Å². The van der Waals surface area contributed by atoms with Gasteiger partial charge in [-0.15, -0.1) is 16.4 Å². The van der Waals surface area contributed by atoms with E-state index in [1.54, 1.807) is 36.6 Å². The van der Waals surface area contributed by atoms with Crippen LogP contribution in [-0.2, 0) is 11.3 Å². The topological polar surface area (TPSA) is 79.9 Å². The molecule has 3 rings (SSSR count). The zero-order valence-corrected chi connectivity index (χ0v) is 16.5. The van der Waals surface area contributed by atoms with E-state index in [-0.39, 0.29) is 11.2 Å². The smallest absolute Gasteiger partial charge is 0.233 e. The maximum atomic E-state index is 12.2. The molecule has 0 unspecified atom stereocenters. The second kappa shape index (κ2) is 8.57. The molecule has 26 heavy (non-hydrogen) atoms. The maximum Gasteiger partial charge on any atom is 0.233 e. The lowest BCUT2D eigenvalue weighted by atomic mass is 10.2. The fourth-order valence-electron chi connectivity index (χ4n) is 2.23. The molecule has 0 radical (unpaired) electrons. The molecule has 0 fully saturated rings. The highest BCUT2D eigenvalue weighted by molar-refractivity contribution is 8.00. The van der Waals surface area contributed by atoms with E-state index >= 15 is 0 Å². The van der Waals surface area contributed by atoms with E-state index in [4.69, 9.17) is 16.3 Å². The monoisotopic (exact) mass is 408 g/mol. The average Bonchev–Trinajstić information content (AvgIpc) is 3.31. The summed E-state index contributed by atoms with van der Waals surface area (Å²) in [5.41, 5.74) is 0.717. The molecule has 2 N–H and O–H groups in total. The van der Waals surface area contributed by atoms with Crippen LogP contribution >= 0.6 is 34.7 Å². The van der Waals surface area contributed by atoms with E-state index in [0.29, 0.717) is 33.9 Å². The third-order valence-electron chi connectivity index (χ3n) is 3.55. The normalized spacial score (nSPS) is 12.0. The summed E-state index contributed by atoms with van der Waals surface area (Å²) in [7, 11) is 1.58. The second-order valence-electron chi connectivity index (χ2n) is 5.37. The summed E-state index contributed by atoms with van der Waals surface area (Å²) < 4.78 is 5.33. The molecule has 0 saturated heterocycles. The Balaban J connectivity index is 1.64. The molecule has 0 bridgehead atoms. The Kier molecular flexibility index (Phi) is 6.18. The van der Waals surface area contributed by atoms with Crippen molar-refractivity contribution in [3.8, 4) is 17.1 Å². The van der Waals surface area contributed by atoms with E-state index in [2.05, 4.69) is 20.5 Å². The molecular weight excluding hydrogens is 392 g/mol. The van der Waals surface area contributed by atoms with Gasteiger partial charge < -0.3 is 10.1 Å². The van der Waals surface area contributed by atoms with Gasteiger partial charge >= 0.3 is 0 Å². The largest absolute Gasteiger partial charge is 0.496 e. The number of amides is 1.